The summed E-state index contributed by atoms with van der Waals surface area (Å²) >= 11 is 0. The summed E-state index contributed by atoms with van der Waals surface area (Å²) in [5.41, 5.74) is -0.433. The summed E-state index contributed by atoms with van der Waals surface area (Å²) in [6.07, 6.45) is -4.49. The number of nitrogens with zero attached hydrogens (tertiary/aromatic N) is 1. The summed E-state index contributed by atoms with van der Waals surface area (Å²) in [4.78, 5) is 11.7. The first kappa shape index (κ1) is 13.1. The van der Waals surface area contributed by atoms with Gasteiger partial charge in [-0.15, -0.1) is 0 Å². The fraction of sp³-hybridized carbons (Fsp3) is 0.167. The average molecular weight is 270 g/mol. The maximum Gasteiger partial charge on any atom is 0.416 e. The smallest absolute Gasteiger partial charge is 0.338 e. The van der Waals surface area contributed by atoms with E-state index in [0.29, 0.717) is 5.69 Å². The molecule has 1 aromatic heterocycles. The summed E-state index contributed by atoms with van der Waals surface area (Å²) in [6, 6.07) is 5.59. The van der Waals surface area contributed by atoms with Crippen molar-refractivity contribution in [2.24, 2.45) is 0 Å². The molecule has 2 aromatic rings. The summed E-state index contributed by atoms with van der Waals surface area (Å²) in [5.74, 6) is -0.609. The zero-order valence-corrected chi connectivity index (χ0v) is 9.78. The van der Waals surface area contributed by atoms with Crippen molar-refractivity contribution in [3.8, 4) is 0 Å². The second-order valence-electron chi connectivity index (χ2n) is 3.87. The van der Waals surface area contributed by atoms with Crippen molar-refractivity contribution >= 4 is 11.8 Å². The molecule has 0 aliphatic rings. The fourth-order valence-corrected chi connectivity index (χ4v) is 1.44. The lowest BCUT2D eigenvalue weighted by Crippen LogP contribution is -2.13. The van der Waals surface area contributed by atoms with Gasteiger partial charge in [0.1, 0.15) is 0 Å². The van der Waals surface area contributed by atoms with E-state index >= 15 is 0 Å². The van der Waals surface area contributed by atoms with Gasteiger partial charge in [0.05, 0.1) is 11.3 Å². The largest absolute Gasteiger partial charge is 0.416 e. The van der Waals surface area contributed by atoms with E-state index < -0.39 is 17.6 Å². The second kappa shape index (κ2) is 4.75. The Balaban J connectivity index is 2.20. The third-order valence-electron chi connectivity index (χ3n) is 2.32. The van der Waals surface area contributed by atoms with Gasteiger partial charge in [0, 0.05) is 11.6 Å². The number of alkyl halides is 3. The first-order chi connectivity index (χ1) is 8.86. The molecule has 19 heavy (non-hydrogen) atoms. The van der Waals surface area contributed by atoms with Gasteiger partial charge in [-0.1, -0.05) is 11.2 Å². The number of carbonyl (C=O) groups is 1. The van der Waals surface area contributed by atoms with Crippen LogP contribution >= 0.6 is 0 Å². The van der Waals surface area contributed by atoms with Gasteiger partial charge in [0.2, 0.25) is 5.88 Å². The summed E-state index contributed by atoms with van der Waals surface area (Å²) in [7, 11) is 0. The van der Waals surface area contributed by atoms with Crippen LogP contribution in [0.15, 0.2) is 34.9 Å². The van der Waals surface area contributed by atoms with E-state index in [1.165, 1.54) is 18.2 Å². The number of amides is 1. The molecular formula is C12H9F3N2O2. The molecule has 1 aromatic carbocycles. The van der Waals surface area contributed by atoms with Crippen LogP contribution in [-0.2, 0) is 6.18 Å². The van der Waals surface area contributed by atoms with Gasteiger partial charge in [-0.2, -0.15) is 13.2 Å². The third-order valence-corrected chi connectivity index (χ3v) is 2.32. The minimum absolute atomic E-state index is 0.0833. The van der Waals surface area contributed by atoms with Gasteiger partial charge in [0.25, 0.3) is 5.91 Å². The molecular weight excluding hydrogens is 261 g/mol. The average Bonchev–Trinajstić information content (AvgIpc) is 2.74. The van der Waals surface area contributed by atoms with E-state index in [1.807, 2.05) is 0 Å². The maximum absolute atomic E-state index is 12.5. The predicted molar refractivity (Wildman–Crippen MR) is 60.6 cm³/mol. The number of anilines is 1. The highest BCUT2D eigenvalue weighted by Gasteiger charge is 2.30. The van der Waals surface area contributed by atoms with Crippen LogP contribution in [0.1, 0.15) is 21.6 Å². The maximum atomic E-state index is 12.5. The highest BCUT2D eigenvalue weighted by molar-refractivity contribution is 6.03. The summed E-state index contributed by atoms with van der Waals surface area (Å²) in [6.45, 7) is 1.66. The molecule has 7 heteroatoms. The molecule has 0 spiro atoms. The highest BCUT2D eigenvalue weighted by Crippen LogP contribution is 2.29. The molecule has 0 aliphatic carbocycles. The molecule has 4 nitrogen and oxygen atoms in total. The lowest BCUT2D eigenvalue weighted by Gasteiger charge is -2.08. The number of aryl methyl sites for hydroxylation is 1. The molecule has 100 valence electrons. The molecule has 0 bridgehead atoms. The van der Waals surface area contributed by atoms with E-state index in [4.69, 9.17) is 4.52 Å². The van der Waals surface area contributed by atoms with Gasteiger partial charge < -0.3 is 4.52 Å². The van der Waals surface area contributed by atoms with Crippen LogP contribution in [0, 0.1) is 6.92 Å². The van der Waals surface area contributed by atoms with Crippen LogP contribution in [0.5, 0.6) is 0 Å². The highest BCUT2D eigenvalue weighted by atomic mass is 19.4. The second-order valence-corrected chi connectivity index (χ2v) is 3.87. The topological polar surface area (TPSA) is 55.1 Å². The van der Waals surface area contributed by atoms with Gasteiger partial charge in [-0.05, 0) is 25.1 Å². The molecule has 1 N–H and O–H groups in total. The van der Waals surface area contributed by atoms with Crippen molar-refractivity contribution < 1.29 is 22.5 Å². The zero-order chi connectivity index (χ0) is 14.0. The van der Waals surface area contributed by atoms with Gasteiger partial charge >= 0.3 is 6.18 Å². The molecule has 0 atom stereocenters. The lowest BCUT2D eigenvalue weighted by molar-refractivity contribution is -0.137. The molecule has 0 fully saturated rings. The number of hydrogen-bond acceptors (Lipinski definition) is 3. The number of hydrogen-bond donors (Lipinski definition) is 1. The Morgan fingerprint density at radius 1 is 1.32 bits per heavy atom. The van der Waals surface area contributed by atoms with Crippen molar-refractivity contribution in [3.63, 3.8) is 0 Å². The monoisotopic (exact) mass is 270 g/mol. The van der Waals surface area contributed by atoms with E-state index in [9.17, 15) is 18.0 Å². The normalized spacial score (nSPS) is 11.4. The minimum Gasteiger partial charge on any atom is -0.338 e. The van der Waals surface area contributed by atoms with Crippen molar-refractivity contribution in [2.75, 3.05) is 5.32 Å². The van der Waals surface area contributed by atoms with Crippen LogP contribution in [0.25, 0.3) is 0 Å². The van der Waals surface area contributed by atoms with Crippen molar-refractivity contribution in [2.45, 2.75) is 13.1 Å². The molecule has 0 aliphatic heterocycles. The number of benzene rings is 1. The number of rotatable bonds is 2. The standard InChI is InChI=1S/C12H9F3N2O2/c1-7-5-10(19-17-7)16-11(18)8-3-2-4-9(6-8)12(13,14)15/h2-6H,1H3,(H,16,18). The van der Waals surface area contributed by atoms with Gasteiger partial charge in [0.15, 0.2) is 0 Å². The van der Waals surface area contributed by atoms with E-state index in [-0.39, 0.29) is 11.4 Å². The van der Waals surface area contributed by atoms with Crippen molar-refractivity contribution in [3.05, 3.63) is 47.2 Å². The SMILES string of the molecule is Cc1cc(NC(=O)c2cccc(C(F)(F)F)c2)on1. The van der Waals surface area contributed by atoms with Crippen LogP contribution in [-0.4, -0.2) is 11.1 Å². The number of nitrogens with one attached hydrogen (secondary N) is 1. The number of halogens is 3. The Morgan fingerprint density at radius 3 is 2.63 bits per heavy atom. The first-order valence-corrected chi connectivity index (χ1v) is 5.28. The molecule has 0 radical (unpaired) electrons. The van der Waals surface area contributed by atoms with Crippen molar-refractivity contribution in [1.29, 1.82) is 0 Å². The van der Waals surface area contributed by atoms with Gasteiger partial charge in [-0.25, -0.2) is 0 Å². The first-order valence-electron chi connectivity index (χ1n) is 5.28. The Labute approximate surface area is 106 Å². The summed E-state index contributed by atoms with van der Waals surface area (Å²) < 4.78 is 42.3. The van der Waals surface area contributed by atoms with Crippen LogP contribution in [0.3, 0.4) is 0 Å². The predicted octanol–water partition coefficient (Wildman–Crippen LogP) is 3.25. The fourth-order valence-electron chi connectivity index (χ4n) is 1.44. The number of carbonyl (C=O) groups excluding carboxylic acids is 1. The summed E-state index contributed by atoms with van der Waals surface area (Å²) in [5, 5.41) is 5.87. The third kappa shape index (κ3) is 3.12. The van der Waals surface area contributed by atoms with Crippen LogP contribution < -0.4 is 5.32 Å². The Kier molecular flexibility index (Phi) is 3.28. The quantitative estimate of drug-likeness (QED) is 0.911. The molecule has 2 rings (SSSR count). The molecule has 0 unspecified atom stereocenters. The number of aromatic nitrogens is 1. The molecule has 1 heterocycles. The van der Waals surface area contributed by atoms with Crippen LogP contribution in [0.4, 0.5) is 19.1 Å². The molecule has 0 saturated carbocycles. The lowest BCUT2D eigenvalue weighted by atomic mass is 10.1. The van der Waals surface area contributed by atoms with E-state index in [1.54, 1.807) is 6.92 Å². The zero-order valence-electron chi connectivity index (χ0n) is 9.78. The van der Waals surface area contributed by atoms with Crippen LogP contribution in [0.2, 0.25) is 0 Å². The minimum atomic E-state index is -4.49. The molecule has 0 saturated heterocycles. The Hall–Kier alpha value is -2.31. The molecule has 1 amide bonds. The Morgan fingerprint density at radius 2 is 2.05 bits per heavy atom. The van der Waals surface area contributed by atoms with Crippen molar-refractivity contribution in [1.82, 2.24) is 5.16 Å². The Bertz CT molecular complexity index is 605. The van der Waals surface area contributed by atoms with Gasteiger partial charge in [-0.3, -0.25) is 10.1 Å². The van der Waals surface area contributed by atoms with E-state index in [2.05, 4.69) is 10.5 Å². The van der Waals surface area contributed by atoms with E-state index in [0.717, 1.165) is 12.1 Å².